The van der Waals surface area contributed by atoms with Crippen LogP contribution in [0.4, 0.5) is 18.0 Å². The van der Waals surface area contributed by atoms with Gasteiger partial charge in [-0.3, -0.25) is 15.0 Å². The highest BCUT2D eigenvalue weighted by atomic mass is 19.4. The number of amides is 3. The van der Waals surface area contributed by atoms with Gasteiger partial charge in [-0.1, -0.05) is 18.2 Å². The molecule has 0 spiro atoms. The minimum atomic E-state index is -4.40. The third-order valence-corrected chi connectivity index (χ3v) is 2.60. The van der Waals surface area contributed by atoms with Crippen molar-refractivity contribution in [3.63, 3.8) is 0 Å². The monoisotopic (exact) mass is 303 g/mol. The summed E-state index contributed by atoms with van der Waals surface area (Å²) >= 11 is 0. The molecule has 0 saturated heterocycles. The standard InChI is InChI=1S/C13H16F3N3O2/c1-17-12(21)18-11(20)8-19(2)7-9-4-3-5-10(6-9)13(14,15)16/h3-6H,7-8H2,1-2H3,(H2,17,18,20,21). The molecule has 0 bridgehead atoms. The van der Waals surface area contributed by atoms with Crippen molar-refractivity contribution in [2.45, 2.75) is 12.7 Å². The lowest BCUT2D eigenvalue weighted by atomic mass is 10.1. The number of carbonyl (C=O) groups excluding carboxylic acids is 2. The Morgan fingerprint density at radius 2 is 1.95 bits per heavy atom. The number of halogens is 3. The molecule has 0 aliphatic carbocycles. The first-order valence-electron chi connectivity index (χ1n) is 6.08. The number of carbonyl (C=O) groups is 2. The highest BCUT2D eigenvalue weighted by Gasteiger charge is 2.30. The van der Waals surface area contributed by atoms with Crippen LogP contribution in [0.1, 0.15) is 11.1 Å². The quantitative estimate of drug-likeness (QED) is 0.888. The average molecular weight is 303 g/mol. The van der Waals surface area contributed by atoms with Gasteiger partial charge in [0.25, 0.3) is 0 Å². The van der Waals surface area contributed by atoms with Gasteiger partial charge in [-0.2, -0.15) is 13.2 Å². The first-order chi connectivity index (χ1) is 9.72. The highest BCUT2D eigenvalue weighted by molar-refractivity contribution is 5.95. The predicted molar refractivity (Wildman–Crippen MR) is 70.4 cm³/mol. The maximum Gasteiger partial charge on any atom is 0.416 e. The molecule has 0 aliphatic rings. The van der Waals surface area contributed by atoms with E-state index in [0.29, 0.717) is 5.56 Å². The van der Waals surface area contributed by atoms with Crippen molar-refractivity contribution in [1.29, 1.82) is 0 Å². The highest BCUT2D eigenvalue weighted by Crippen LogP contribution is 2.29. The Kier molecular flexibility index (Phi) is 5.71. The molecular weight excluding hydrogens is 287 g/mol. The zero-order chi connectivity index (χ0) is 16.0. The fourth-order valence-electron chi connectivity index (χ4n) is 1.69. The number of alkyl halides is 3. The van der Waals surface area contributed by atoms with Crippen molar-refractivity contribution in [3.05, 3.63) is 35.4 Å². The fourth-order valence-corrected chi connectivity index (χ4v) is 1.69. The van der Waals surface area contributed by atoms with Crippen LogP contribution in [0.3, 0.4) is 0 Å². The number of nitrogens with one attached hydrogen (secondary N) is 2. The topological polar surface area (TPSA) is 61.4 Å². The van der Waals surface area contributed by atoms with Crippen molar-refractivity contribution in [2.75, 3.05) is 20.6 Å². The molecule has 0 atom stereocenters. The van der Waals surface area contributed by atoms with E-state index in [4.69, 9.17) is 0 Å². The van der Waals surface area contributed by atoms with Gasteiger partial charge < -0.3 is 5.32 Å². The Labute approximate surface area is 120 Å². The van der Waals surface area contributed by atoms with E-state index >= 15 is 0 Å². The summed E-state index contributed by atoms with van der Waals surface area (Å²) in [6.07, 6.45) is -4.40. The first-order valence-corrected chi connectivity index (χ1v) is 6.08. The molecule has 1 rings (SSSR count). The van der Waals surface area contributed by atoms with Crippen LogP contribution in [0.15, 0.2) is 24.3 Å². The summed E-state index contributed by atoms with van der Waals surface area (Å²) in [6.45, 7) is 0.0503. The lowest BCUT2D eigenvalue weighted by molar-refractivity contribution is -0.137. The number of likely N-dealkylation sites (N-methyl/N-ethyl adjacent to an activating group) is 1. The van der Waals surface area contributed by atoms with E-state index in [1.54, 1.807) is 13.1 Å². The molecule has 2 N–H and O–H groups in total. The summed E-state index contributed by atoms with van der Waals surface area (Å²) < 4.78 is 37.7. The summed E-state index contributed by atoms with van der Waals surface area (Å²) in [5, 5.41) is 4.30. The third kappa shape index (κ3) is 5.82. The second-order valence-corrected chi connectivity index (χ2v) is 4.50. The average Bonchev–Trinajstić information content (AvgIpc) is 2.37. The molecule has 8 heteroatoms. The third-order valence-electron chi connectivity index (χ3n) is 2.60. The Bertz CT molecular complexity index is 518. The van der Waals surface area contributed by atoms with Gasteiger partial charge in [-0.25, -0.2) is 4.79 Å². The second kappa shape index (κ2) is 7.07. The van der Waals surface area contributed by atoms with Crippen LogP contribution in [0, 0.1) is 0 Å². The minimum Gasteiger partial charge on any atom is -0.341 e. The SMILES string of the molecule is CNC(=O)NC(=O)CN(C)Cc1cccc(C(F)(F)F)c1. The van der Waals surface area contributed by atoms with Crippen molar-refractivity contribution < 1.29 is 22.8 Å². The number of imide groups is 1. The molecule has 0 unspecified atom stereocenters. The van der Waals surface area contributed by atoms with Gasteiger partial charge in [0.1, 0.15) is 0 Å². The molecule has 116 valence electrons. The van der Waals surface area contributed by atoms with Crippen LogP contribution in [0.25, 0.3) is 0 Å². The van der Waals surface area contributed by atoms with Crippen LogP contribution >= 0.6 is 0 Å². The Balaban J connectivity index is 2.61. The van der Waals surface area contributed by atoms with Gasteiger partial charge in [0, 0.05) is 13.6 Å². The van der Waals surface area contributed by atoms with E-state index in [-0.39, 0.29) is 13.1 Å². The number of rotatable bonds is 4. The van der Waals surface area contributed by atoms with Crippen LogP contribution in [0.5, 0.6) is 0 Å². The lowest BCUT2D eigenvalue weighted by Crippen LogP contribution is -2.42. The molecule has 0 radical (unpaired) electrons. The maximum atomic E-state index is 12.6. The largest absolute Gasteiger partial charge is 0.416 e. The second-order valence-electron chi connectivity index (χ2n) is 4.50. The fraction of sp³-hybridized carbons (Fsp3) is 0.385. The van der Waals surface area contributed by atoms with Crippen molar-refractivity contribution >= 4 is 11.9 Å². The van der Waals surface area contributed by atoms with E-state index in [1.165, 1.54) is 18.0 Å². The lowest BCUT2D eigenvalue weighted by Gasteiger charge is -2.17. The minimum absolute atomic E-state index is 0.107. The number of benzene rings is 1. The Hall–Kier alpha value is -2.09. The van der Waals surface area contributed by atoms with Crippen molar-refractivity contribution in [1.82, 2.24) is 15.5 Å². The van der Waals surface area contributed by atoms with Crippen molar-refractivity contribution in [3.8, 4) is 0 Å². The van der Waals surface area contributed by atoms with E-state index < -0.39 is 23.7 Å². The van der Waals surface area contributed by atoms with Gasteiger partial charge in [-0.05, 0) is 18.7 Å². The number of hydrogen-bond acceptors (Lipinski definition) is 3. The smallest absolute Gasteiger partial charge is 0.341 e. The normalized spacial score (nSPS) is 11.3. The molecule has 0 saturated carbocycles. The number of hydrogen-bond donors (Lipinski definition) is 2. The van der Waals surface area contributed by atoms with E-state index in [0.717, 1.165) is 12.1 Å². The molecule has 3 amide bonds. The molecule has 0 fully saturated rings. The summed E-state index contributed by atoms with van der Waals surface area (Å²) in [6, 6.07) is 4.25. The molecule has 5 nitrogen and oxygen atoms in total. The van der Waals surface area contributed by atoms with Crippen LogP contribution in [0.2, 0.25) is 0 Å². The van der Waals surface area contributed by atoms with E-state index in [9.17, 15) is 22.8 Å². The first kappa shape index (κ1) is 17.0. The molecule has 1 aromatic carbocycles. The molecular formula is C13H16F3N3O2. The van der Waals surface area contributed by atoms with Crippen LogP contribution in [-0.2, 0) is 17.5 Å². The zero-order valence-electron chi connectivity index (χ0n) is 11.6. The van der Waals surface area contributed by atoms with Crippen LogP contribution in [-0.4, -0.2) is 37.5 Å². The molecule has 0 aromatic heterocycles. The summed E-state index contributed by atoms with van der Waals surface area (Å²) in [7, 11) is 2.94. The van der Waals surface area contributed by atoms with Gasteiger partial charge in [0.2, 0.25) is 5.91 Å². The number of nitrogens with zero attached hydrogens (tertiary/aromatic N) is 1. The molecule has 0 aliphatic heterocycles. The van der Waals surface area contributed by atoms with Gasteiger partial charge in [0.05, 0.1) is 12.1 Å². The van der Waals surface area contributed by atoms with Crippen LogP contribution < -0.4 is 10.6 Å². The Morgan fingerprint density at radius 3 is 2.52 bits per heavy atom. The summed E-state index contributed by atoms with van der Waals surface area (Å²) in [4.78, 5) is 23.9. The van der Waals surface area contributed by atoms with Gasteiger partial charge in [0.15, 0.2) is 0 Å². The molecule has 1 aromatic rings. The molecule has 0 heterocycles. The number of urea groups is 1. The predicted octanol–water partition coefficient (Wildman–Crippen LogP) is 1.59. The molecule has 21 heavy (non-hydrogen) atoms. The van der Waals surface area contributed by atoms with Gasteiger partial charge >= 0.3 is 12.2 Å². The maximum absolute atomic E-state index is 12.6. The van der Waals surface area contributed by atoms with E-state index in [2.05, 4.69) is 10.6 Å². The van der Waals surface area contributed by atoms with Gasteiger partial charge in [-0.15, -0.1) is 0 Å². The summed E-state index contributed by atoms with van der Waals surface area (Å²) in [5.74, 6) is -0.538. The van der Waals surface area contributed by atoms with Crippen molar-refractivity contribution in [2.24, 2.45) is 0 Å². The summed E-state index contributed by atoms with van der Waals surface area (Å²) in [5.41, 5.74) is -0.303. The van der Waals surface area contributed by atoms with E-state index in [1.807, 2.05) is 0 Å². The Morgan fingerprint density at radius 1 is 1.29 bits per heavy atom. The zero-order valence-corrected chi connectivity index (χ0v) is 11.6.